The van der Waals surface area contributed by atoms with Crippen LogP contribution in [0.1, 0.15) is 63.1 Å². The molecule has 138 valence electrons. The first kappa shape index (κ1) is 17.4. The first-order chi connectivity index (χ1) is 12.0. The number of benzene rings is 1. The summed E-state index contributed by atoms with van der Waals surface area (Å²) >= 11 is 0. The molecule has 0 saturated carbocycles. The van der Waals surface area contributed by atoms with Crippen LogP contribution < -0.4 is 4.74 Å². The van der Waals surface area contributed by atoms with E-state index in [-0.39, 0.29) is 0 Å². The van der Waals surface area contributed by atoms with Crippen LogP contribution in [-0.4, -0.2) is 49.1 Å². The molecule has 1 aromatic rings. The summed E-state index contributed by atoms with van der Waals surface area (Å²) in [5.41, 5.74) is 3.39. The molecule has 3 nitrogen and oxygen atoms in total. The van der Waals surface area contributed by atoms with E-state index in [0.29, 0.717) is 11.5 Å². The molecule has 2 fully saturated rings. The number of likely N-dealkylation sites (tertiary alicyclic amines) is 2. The maximum Gasteiger partial charge on any atom is 0.119 e. The van der Waals surface area contributed by atoms with Gasteiger partial charge in [-0.05, 0) is 82.4 Å². The maximum atomic E-state index is 6.23. The van der Waals surface area contributed by atoms with E-state index in [2.05, 4.69) is 48.9 Å². The Kier molecular flexibility index (Phi) is 4.81. The van der Waals surface area contributed by atoms with Gasteiger partial charge >= 0.3 is 0 Å². The summed E-state index contributed by atoms with van der Waals surface area (Å²) in [5, 5.41) is 0. The first-order valence-electron chi connectivity index (χ1n) is 10.2. The van der Waals surface area contributed by atoms with Crippen LogP contribution in [0.15, 0.2) is 18.2 Å². The largest absolute Gasteiger partial charge is 0.493 e. The Morgan fingerprint density at radius 3 is 2.84 bits per heavy atom. The van der Waals surface area contributed by atoms with Crippen molar-refractivity contribution in [3.8, 4) is 5.75 Å². The fraction of sp³-hybridized carbons (Fsp3) is 0.727. The summed E-state index contributed by atoms with van der Waals surface area (Å²) in [4.78, 5) is 5.17. The van der Waals surface area contributed by atoms with E-state index in [1.807, 2.05) is 0 Å². The van der Waals surface area contributed by atoms with E-state index < -0.39 is 0 Å². The summed E-state index contributed by atoms with van der Waals surface area (Å²) in [7, 11) is 2.21. The molecular formula is C22H34N2O. The predicted molar refractivity (Wildman–Crippen MR) is 103 cm³/mol. The third kappa shape index (κ3) is 3.59. The van der Waals surface area contributed by atoms with Gasteiger partial charge in [-0.1, -0.05) is 19.4 Å². The van der Waals surface area contributed by atoms with Crippen molar-refractivity contribution in [2.45, 2.75) is 64.5 Å². The minimum Gasteiger partial charge on any atom is -0.493 e. The lowest BCUT2D eigenvalue weighted by atomic mass is 9.91. The molecule has 2 aliphatic heterocycles. The second kappa shape index (κ2) is 6.92. The summed E-state index contributed by atoms with van der Waals surface area (Å²) < 4.78 is 6.23. The number of rotatable bonds is 4. The third-order valence-corrected chi connectivity index (χ3v) is 6.75. The van der Waals surface area contributed by atoms with E-state index in [4.69, 9.17) is 4.74 Å². The quantitative estimate of drug-likeness (QED) is 0.813. The normalized spacial score (nSPS) is 33.6. The van der Waals surface area contributed by atoms with Crippen molar-refractivity contribution >= 4 is 0 Å². The van der Waals surface area contributed by atoms with Crippen LogP contribution in [0.5, 0.6) is 5.75 Å². The summed E-state index contributed by atoms with van der Waals surface area (Å²) in [6.45, 7) is 9.22. The highest BCUT2D eigenvalue weighted by molar-refractivity contribution is 5.41. The number of aryl methyl sites for hydroxylation is 1. The second-order valence-electron chi connectivity index (χ2n) is 9.08. The van der Waals surface area contributed by atoms with Crippen molar-refractivity contribution in [2.75, 3.05) is 33.3 Å². The molecule has 0 spiro atoms. The minimum atomic E-state index is 0.305. The van der Waals surface area contributed by atoms with Crippen molar-refractivity contribution in [3.63, 3.8) is 0 Å². The van der Waals surface area contributed by atoms with E-state index in [9.17, 15) is 0 Å². The van der Waals surface area contributed by atoms with Crippen LogP contribution in [-0.2, 0) is 6.42 Å². The second-order valence-corrected chi connectivity index (χ2v) is 9.08. The lowest BCUT2D eigenvalue weighted by Crippen LogP contribution is -2.39. The Morgan fingerprint density at radius 1 is 1.20 bits per heavy atom. The zero-order chi connectivity index (χ0) is 17.4. The van der Waals surface area contributed by atoms with E-state index in [1.165, 1.54) is 57.2 Å². The van der Waals surface area contributed by atoms with Crippen LogP contribution in [0, 0.1) is 5.41 Å². The zero-order valence-electron chi connectivity index (χ0n) is 16.3. The molecular weight excluding hydrogens is 308 g/mol. The molecule has 1 aromatic carbocycles. The van der Waals surface area contributed by atoms with Gasteiger partial charge in [0.2, 0.25) is 0 Å². The molecule has 3 aliphatic rings. The van der Waals surface area contributed by atoms with E-state index in [1.54, 1.807) is 5.56 Å². The molecule has 4 rings (SSSR count). The molecule has 3 atom stereocenters. The summed E-state index contributed by atoms with van der Waals surface area (Å²) in [6.07, 6.45) is 7.86. The molecule has 0 N–H and O–H groups in total. The Morgan fingerprint density at radius 2 is 2.08 bits per heavy atom. The average molecular weight is 343 g/mol. The monoisotopic (exact) mass is 342 g/mol. The van der Waals surface area contributed by atoms with Gasteiger partial charge in [0.15, 0.2) is 0 Å². The number of hydrogen-bond acceptors (Lipinski definition) is 3. The van der Waals surface area contributed by atoms with Crippen LogP contribution in [0.3, 0.4) is 0 Å². The van der Waals surface area contributed by atoms with Gasteiger partial charge in [0.1, 0.15) is 5.75 Å². The van der Waals surface area contributed by atoms with Crippen LogP contribution >= 0.6 is 0 Å². The predicted octanol–water partition coefficient (Wildman–Crippen LogP) is 4.27. The van der Waals surface area contributed by atoms with Gasteiger partial charge in [0.05, 0.1) is 6.61 Å². The molecule has 1 aliphatic carbocycles. The van der Waals surface area contributed by atoms with Crippen LogP contribution in [0.4, 0.5) is 0 Å². The molecule has 3 heteroatoms. The lowest BCUT2D eigenvalue weighted by molar-refractivity contribution is 0.105. The third-order valence-electron chi connectivity index (χ3n) is 6.75. The maximum absolute atomic E-state index is 6.23. The number of hydrogen-bond donors (Lipinski definition) is 0. The van der Waals surface area contributed by atoms with Crippen molar-refractivity contribution in [1.82, 2.24) is 9.80 Å². The number of nitrogens with zero attached hydrogens (tertiary/aromatic N) is 2. The van der Waals surface area contributed by atoms with Gasteiger partial charge in [-0.25, -0.2) is 0 Å². The fourth-order valence-electron chi connectivity index (χ4n) is 5.23. The molecule has 0 amide bonds. The van der Waals surface area contributed by atoms with Crippen molar-refractivity contribution in [1.29, 1.82) is 0 Å². The van der Waals surface area contributed by atoms with Gasteiger partial charge in [-0.2, -0.15) is 0 Å². The molecule has 3 unspecified atom stereocenters. The topological polar surface area (TPSA) is 15.7 Å². The number of fused-ring (bicyclic) bond motifs is 1. The average Bonchev–Trinajstić information content (AvgIpc) is 3.17. The van der Waals surface area contributed by atoms with Crippen LogP contribution in [0.2, 0.25) is 0 Å². The Bertz CT molecular complexity index is 616. The van der Waals surface area contributed by atoms with E-state index in [0.717, 1.165) is 24.9 Å². The van der Waals surface area contributed by atoms with Crippen LogP contribution in [0.25, 0.3) is 0 Å². The first-order valence-corrected chi connectivity index (χ1v) is 10.2. The van der Waals surface area contributed by atoms with Gasteiger partial charge in [0, 0.05) is 24.0 Å². The molecule has 0 bridgehead atoms. The van der Waals surface area contributed by atoms with E-state index >= 15 is 0 Å². The van der Waals surface area contributed by atoms with Gasteiger partial charge in [0.25, 0.3) is 0 Å². The van der Waals surface area contributed by atoms with Gasteiger partial charge in [-0.3, -0.25) is 4.90 Å². The van der Waals surface area contributed by atoms with Gasteiger partial charge < -0.3 is 9.64 Å². The Hall–Kier alpha value is -1.06. The lowest BCUT2D eigenvalue weighted by Gasteiger charge is -2.38. The highest BCUT2D eigenvalue weighted by Gasteiger charge is 2.34. The summed E-state index contributed by atoms with van der Waals surface area (Å²) in [6, 6.07) is 8.27. The molecule has 2 saturated heterocycles. The van der Waals surface area contributed by atoms with Crippen molar-refractivity contribution < 1.29 is 4.74 Å². The standard InChI is InChI=1S/C22H34N2O/c1-17-6-4-5-12-24(17)21-10-7-18-14-19(8-9-20(18)21)25-16-22(2)11-13-23(3)15-22/h8-9,14,17,21H,4-7,10-13,15-16H2,1-3H3. The Labute approximate surface area is 153 Å². The number of piperidine rings is 1. The Balaban J connectivity index is 1.43. The zero-order valence-corrected chi connectivity index (χ0v) is 16.3. The summed E-state index contributed by atoms with van der Waals surface area (Å²) in [5.74, 6) is 1.07. The smallest absolute Gasteiger partial charge is 0.119 e. The minimum absolute atomic E-state index is 0.305. The molecule has 25 heavy (non-hydrogen) atoms. The fourth-order valence-corrected chi connectivity index (χ4v) is 5.23. The SMILES string of the molecule is CC1CCCCN1C1CCc2cc(OCC3(C)CCN(C)C3)ccc21. The van der Waals surface area contributed by atoms with Crippen molar-refractivity contribution in [2.24, 2.45) is 5.41 Å². The molecule has 0 aromatic heterocycles. The van der Waals surface area contributed by atoms with Gasteiger partial charge in [-0.15, -0.1) is 0 Å². The highest BCUT2D eigenvalue weighted by atomic mass is 16.5. The van der Waals surface area contributed by atoms with Crippen molar-refractivity contribution in [3.05, 3.63) is 29.3 Å². The molecule has 0 radical (unpaired) electrons. The highest BCUT2D eigenvalue weighted by Crippen LogP contribution is 2.40. The number of ether oxygens (including phenoxy) is 1. The molecule has 2 heterocycles.